The molecule has 0 fully saturated rings. The Kier molecular flexibility index (Phi) is 4.35. The Hall–Kier alpha value is -2.67. The van der Waals surface area contributed by atoms with E-state index in [9.17, 15) is 8.42 Å². The standard InChI is InChI=1S/C17H17N3O3S/c1-23-13-5-3-4-12(8-13)10-18-17-15-9-14(24(2,21)22)6-7-16(15)19-11-20-17/h3-9,11H,10H2,1-2H3,(H,18,19,20). The molecular formula is C17H17N3O3S. The highest BCUT2D eigenvalue weighted by atomic mass is 32.2. The Morgan fingerprint density at radius 3 is 2.71 bits per heavy atom. The van der Waals surface area contributed by atoms with E-state index in [0.29, 0.717) is 23.3 Å². The molecule has 0 aliphatic heterocycles. The van der Waals surface area contributed by atoms with Gasteiger partial charge in [0.15, 0.2) is 9.84 Å². The fraction of sp³-hybridized carbons (Fsp3) is 0.176. The highest BCUT2D eigenvalue weighted by Crippen LogP contribution is 2.23. The molecule has 3 rings (SSSR count). The van der Waals surface area contributed by atoms with Gasteiger partial charge in [-0.05, 0) is 35.9 Å². The van der Waals surface area contributed by atoms with E-state index >= 15 is 0 Å². The molecule has 0 saturated heterocycles. The predicted molar refractivity (Wildman–Crippen MR) is 93.0 cm³/mol. The number of nitrogens with one attached hydrogen (secondary N) is 1. The smallest absolute Gasteiger partial charge is 0.175 e. The van der Waals surface area contributed by atoms with Crippen LogP contribution in [0.1, 0.15) is 5.56 Å². The number of methoxy groups -OCH3 is 1. The number of nitrogens with zero attached hydrogens (tertiary/aromatic N) is 2. The normalized spacial score (nSPS) is 11.4. The lowest BCUT2D eigenvalue weighted by Gasteiger charge is -2.10. The van der Waals surface area contributed by atoms with Crippen molar-refractivity contribution in [2.45, 2.75) is 11.4 Å². The van der Waals surface area contributed by atoms with E-state index in [1.165, 1.54) is 12.6 Å². The predicted octanol–water partition coefficient (Wildman–Crippen LogP) is 2.65. The number of aromatic nitrogens is 2. The maximum absolute atomic E-state index is 11.8. The SMILES string of the molecule is COc1cccc(CNc2ncnc3ccc(S(C)(=O)=O)cc23)c1. The molecule has 2 aromatic carbocycles. The summed E-state index contributed by atoms with van der Waals surface area (Å²) in [5.74, 6) is 1.37. The van der Waals surface area contributed by atoms with Gasteiger partial charge in [-0.25, -0.2) is 18.4 Å². The number of hydrogen-bond donors (Lipinski definition) is 1. The van der Waals surface area contributed by atoms with E-state index < -0.39 is 9.84 Å². The molecule has 0 unspecified atom stereocenters. The number of hydrogen-bond acceptors (Lipinski definition) is 6. The number of benzene rings is 2. The highest BCUT2D eigenvalue weighted by molar-refractivity contribution is 7.90. The zero-order valence-electron chi connectivity index (χ0n) is 13.4. The summed E-state index contributed by atoms with van der Waals surface area (Å²) in [6.07, 6.45) is 2.64. The quantitative estimate of drug-likeness (QED) is 0.767. The monoisotopic (exact) mass is 343 g/mol. The molecule has 24 heavy (non-hydrogen) atoms. The average Bonchev–Trinajstić information content (AvgIpc) is 2.58. The number of fused-ring (bicyclic) bond motifs is 1. The minimum absolute atomic E-state index is 0.245. The highest BCUT2D eigenvalue weighted by Gasteiger charge is 2.11. The lowest BCUT2D eigenvalue weighted by Crippen LogP contribution is -2.04. The van der Waals surface area contributed by atoms with Crippen LogP contribution in [-0.4, -0.2) is 31.8 Å². The molecule has 6 nitrogen and oxygen atoms in total. The molecule has 0 atom stereocenters. The molecule has 7 heteroatoms. The Bertz CT molecular complexity index is 987. The number of sulfone groups is 1. The van der Waals surface area contributed by atoms with Crippen LogP contribution in [-0.2, 0) is 16.4 Å². The summed E-state index contributed by atoms with van der Waals surface area (Å²) in [6.45, 7) is 0.534. The van der Waals surface area contributed by atoms with Gasteiger partial charge in [0.05, 0.1) is 17.5 Å². The molecular weight excluding hydrogens is 326 g/mol. The van der Waals surface area contributed by atoms with Crippen molar-refractivity contribution in [2.24, 2.45) is 0 Å². The van der Waals surface area contributed by atoms with Gasteiger partial charge in [-0.1, -0.05) is 12.1 Å². The summed E-state index contributed by atoms with van der Waals surface area (Å²) in [6, 6.07) is 12.5. The first-order chi connectivity index (χ1) is 11.5. The van der Waals surface area contributed by atoms with Crippen LogP contribution in [0, 0.1) is 0 Å². The first kappa shape index (κ1) is 16.2. The van der Waals surface area contributed by atoms with Gasteiger partial charge in [0.1, 0.15) is 17.9 Å². The van der Waals surface area contributed by atoms with Crippen LogP contribution in [0.25, 0.3) is 10.9 Å². The second kappa shape index (κ2) is 6.45. The zero-order chi connectivity index (χ0) is 17.2. The third kappa shape index (κ3) is 3.46. The van der Waals surface area contributed by atoms with Crippen LogP contribution in [0.4, 0.5) is 5.82 Å². The second-order valence-electron chi connectivity index (χ2n) is 5.38. The van der Waals surface area contributed by atoms with E-state index in [1.54, 1.807) is 25.3 Å². The van der Waals surface area contributed by atoms with Crippen molar-refractivity contribution in [3.8, 4) is 5.75 Å². The molecule has 0 bridgehead atoms. The maximum Gasteiger partial charge on any atom is 0.175 e. The van der Waals surface area contributed by atoms with E-state index in [2.05, 4.69) is 15.3 Å². The summed E-state index contributed by atoms with van der Waals surface area (Å²) in [7, 11) is -1.66. The van der Waals surface area contributed by atoms with Crippen LogP contribution < -0.4 is 10.1 Å². The van der Waals surface area contributed by atoms with Gasteiger partial charge in [-0.2, -0.15) is 0 Å². The van der Waals surface area contributed by atoms with Gasteiger partial charge < -0.3 is 10.1 Å². The summed E-state index contributed by atoms with van der Waals surface area (Å²) in [4.78, 5) is 8.67. The first-order valence-corrected chi connectivity index (χ1v) is 9.18. The second-order valence-corrected chi connectivity index (χ2v) is 7.39. The van der Waals surface area contributed by atoms with E-state index in [1.807, 2.05) is 24.3 Å². The van der Waals surface area contributed by atoms with Crippen LogP contribution in [0.5, 0.6) is 5.75 Å². The Balaban J connectivity index is 1.93. The molecule has 0 aliphatic carbocycles. The number of anilines is 1. The molecule has 1 heterocycles. The molecule has 0 spiro atoms. The van der Waals surface area contributed by atoms with Gasteiger partial charge in [-0.3, -0.25) is 0 Å². The summed E-state index contributed by atoms with van der Waals surface area (Å²) in [5.41, 5.74) is 1.71. The molecule has 1 aromatic heterocycles. The zero-order valence-corrected chi connectivity index (χ0v) is 14.2. The number of rotatable bonds is 5. The average molecular weight is 343 g/mol. The Morgan fingerprint density at radius 2 is 1.96 bits per heavy atom. The number of ether oxygens (including phenoxy) is 1. The van der Waals surface area contributed by atoms with Gasteiger partial charge in [0, 0.05) is 18.2 Å². The van der Waals surface area contributed by atoms with Crippen LogP contribution >= 0.6 is 0 Å². The molecule has 0 aliphatic rings. The molecule has 0 amide bonds. The summed E-state index contributed by atoms with van der Waals surface area (Å²) < 4.78 is 28.7. The minimum Gasteiger partial charge on any atom is -0.497 e. The third-order valence-corrected chi connectivity index (χ3v) is 4.74. The van der Waals surface area contributed by atoms with Crippen molar-refractivity contribution in [3.63, 3.8) is 0 Å². The van der Waals surface area contributed by atoms with Crippen molar-refractivity contribution < 1.29 is 13.2 Å². The van der Waals surface area contributed by atoms with Gasteiger partial charge in [-0.15, -0.1) is 0 Å². The Labute approximate surface area is 140 Å². The summed E-state index contributed by atoms with van der Waals surface area (Å²) >= 11 is 0. The van der Waals surface area contributed by atoms with E-state index in [0.717, 1.165) is 11.3 Å². The molecule has 124 valence electrons. The molecule has 1 N–H and O–H groups in total. The molecule has 0 radical (unpaired) electrons. The van der Waals surface area contributed by atoms with Gasteiger partial charge in [0.2, 0.25) is 0 Å². The van der Waals surface area contributed by atoms with Crippen molar-refractivity contribution in [2.75, 3.05) is 18.7 Å². The van der Waals surface area contributed by atoms with Gasteiger partial charge >= 0.3 is 0 Å². The molecule has 0 saturated carbocycles. The third-order valence-electron chi connectivity index (χ3n) is 3.63. The van der Waals surface area contributed by atoms with Crippen LogP contribution in [0.15, 0.2) is 53.7 Å². The van der Waals surface area contributed by atoms with Gasteiger partial charge in [0.25, 0.3) is 0 Å². The largest absolute Gasteiger partial charge is 0.497 e. The van der Waals surface area contributed by atoms with Crippen molar-refractivity contribution in [3.05, 3.63) is 54.4 Å². The fourth-order valence-electron chi connectivity index (χ4n) is 2.38. The summed E-state index contributed by atoms with van der Waals surface area (Å²) in [5, 5.41) is 3.90. The molecule has 3 aromatic rings. The topological polar surface area (TPSA) is 81.2 Å². The van der Waals surface area contributed by atoms with Crippen LogP contribution in [0.2, 0.25) is 0 Å². The van der Waals surface area contributed by atoms with Crippen molar-refractivity contribution >= 4 is 26.6 Å². The van der Waals surface area contributed by atoms with E-state index in [4.69, 9.17) is 4.74 Å². The lowest BCUT2D eigenvalue weighted by atomic mass is 10.2. The maximum atomic E-state index is 11.8. The van der Waals surface area contributed by atoms with Crippen LogP contribution in [0.3, 0.4) is 0 Å². The fourth-order valence-corrected chi connectivity index (χ4v) is 3.02. The van der Waals surface area contributed by atoms with Crippen molar-refractivity contribution in [1.82, 2.24) is 9.97 Å². The Morgan fingerprint density at radius 1 is 1.12 bits per heavy atom. The van der Waals surface area contributed by atoms with E-state index in [-0.39, 0.29) is 4.90 Å². The van der Waals surface area contributed by atoms with Crippen molar-refractivity contribution in [1.29, 1.82) is 0 Å². The first-order valence-electron chi connectivity index (χ1n) is 7.29. The minimum atomic E-state index is -3.29. The lowest BCUT2D eigenvalue weighted by molar-refractivity contribution is 0.414.